The zero-order valence-electron chi connectivity index (χ0n) is 14.1. The lowest BCUT2D eigenvalue weighted by Crippen LogP contribution is -2.49. The highest BCUT2D eigenvalue weighted by Gasteiger charge is 2.29. The van der Waals surface area contributed by atoms with Gasteiger partial charge in [0, 0.05) is 44.2 Å². The lowest BCUT2D eigenvalue weighted by molar-refractivity contribution is -0.131. The van der Waals surface area contributed by atoms with Crippen LogP contribution in [0, 0.1) is 5.92 Å². The zero-order chi connectivity index (χ0) is 17.2. The number of H-pyrrole nitrogens is 1. The number of anilines is 1. The Kier molecular flexibility index (Phi) is 4.26. The number of benzene rings is 1. The first kappa shape index (κ1) is 15.9. The smallest absolute Gasteiger partial charge is 0.266 e. The van der Waals surface area contributed by atoms with Gasteiger partial charge < -0.3 is 9.80 Å². The normalized spacial score (nSPS) is 17.6. The van der Waals surface area contributed by atoms with Crippen LogP contribution in [0.4, 0.5) is 5.69 Å². The van der Waals surface area contributed by atoms with Gasteiger partial charge in [0.2, 0.25) is 5.91 Å². The maximum Gasteiger partial charge on any atom is 0.266 e. The van der Waals surface area contributed by atoms with Gasteiger partial charge >= 0.3 is 0 Å². The fraction of sp³-hybridized carbons (Fsp3) is 0.421. The Morgan fingerprint density at radius 2 is 1.84 bits per heavy atom. The van der Waals surface area contributed by atoms with Crippen LogP contribution in [0.5, 0.6) is 0 Å². The summed E-state index contributed by atoms with van der Waals surface area (Å²) in [6.45, 7) is 2.85. The largest absolute Gasteiger partial charge is 0.366 e. The number of carbonyl (C=O) groups is 1. The predicted octanol–water partition coefficient (Wildman–Crippen LogP) is 1.89. The first-order valence-electron chi connectivity index (χ1n) is 8.88. The summed E-state index contributed by atoms with van der Waals surface area (Å²) in [6.07, 6.45) is 3.09. The van der Waals surface area contributed by atoms with Gasteiger partial charge in [0.25, 0.3) is 5.56 Å². The van der Waals surface area contributed by atoms with E-state index in [2.05, 4.69) is 15.1 Å². The van der Waals surface area contributed by atoms with Gasteiger partial charge in [-0.1, -0.05) is 30.3 Å². The Labute approximate surface area is 146 Å². The predicted molar refractivity (Wildman–Crippen MR) is 96.4 cm³/mol. The van der Waals surface area contributed by atoms with Crippen molar-refractivity contribution in [3.63, 3.8) is 0 Å². The summed E-state index contributed by atoms with van der Waals surface area (Å²) < 4.78 is 0. The van der Waals surface area contributed by atoms with Crippen LogP contribution < -0.4 is 10.5 Å². The maximum atomic E-state index is 12.3. The highest BCUT2D eigenvalue weighted by atomic mass is 16.2. The molecule has 1 aromatic heterocycles. The number of amides is 1. The van der Waals surface area contributed by atoms with E-state index in [9.17, 15) is 9.59 Å². The molecule has 1 saturated carbocycles. The minimum Gasteiger partial charge on any atom is -0.366 e. The highest BCUT2D eigenvalue weighted by molar-refractivity contribution is 5.78. The van der Waals surface area contributed by atoms with Crippen LogP contribution in [0.2, 0.25) is 0 Å². The third-order valence-corrected chi connectivity index (χ3v) is 4.97. The van der Waals surface area contributed by atoms with Gasteiger partial charge in [0.15, 0.2) is 0 Å². The molecule has 0 radical (unpaired) electrons. The molecule has 1 aromatic carbocycles. The van der Waals surface area contributed by atoms with E-state index in [1.165, 1.54) is 12.8 Å². The number of rotatable bonds is 4. The molecule has 6 heteroatoms. The third kappa shape index (κ3) is 3.57. The standard InChI is InChI=1S/C19H22N4O2/c24-17-13-16(19(21-20-17)15-4-2-1-3-5-15)22-8-10-23(11-9-22)18(25)12-14-6-7-14/h1-5,13-14H,6-12H2,(H,20,24). The summed E-state index contributed by atoms with van der Waals surface area (Å²) in [4.78, 5) is 28.2. The fourth-order valence-corrected chi connectivity index (χ4v) is 3.34. The van der Waals surface area contributed by atoms with E-state index in [0.29, 0.717) is 25.4 Å². The van der Waals surface area contributed by atoms with Crippen LogP contribution in [0.1, 0.15) is 19.3 Å². The van der Waals surface area contributed by atoms with Crippen LogP contribution in [0.15, 0.2) is 41.2 Å². The van der Waals surface area contributed by atoms with Crippen molar-refractivity contribution in [3.8, 4) is 11.3 Å². The van der Waals surface area contributed by atoms with E-state index < -0.39 is 0 Å². The summed E-state index contributed by atoms with van der Waals surface area (Å²) in [6, 6.07) is 11.5. The van der Waals surface area contributed by atoms with Crippen LogP contribution in [0.3, 0.4) is 0 Å². The van der Waals surface area contributed by atoms with Crippen LogP contribution >= 0.6 is 0 Å². The highest BCUT2D eigenvalue weighted by Crippen LogP contribution is 2.33. The Bertz CT molecular complexity index is 806. The molecule has 130 valence electrons. The first-order valence-corrected chi connectivity index (χ1v) is 8.88. The summed E-state index contributed by atoms with van der Waals surface area (Å²) in [7, 11) is 0. The number of nitrogens with one attached hydrogen (secondary N) is 1. The molecule has 1 saturated heterocycles. The molecule has 2 fully saturated rings. The second-order valence-corrected chi connectivity index (χ2v) is 6.85. The van der Waals surface area contributed by atoms with Crippen molar-refractivity contribution in [2.24, 2.45) is 5.92 Å². The van der Waals surface area contributed by atoms with Crippen molar-refractivity contribution >= 4 is 11.6 Å². The minimum absolute atomic E-state index is 0.207. The van der Waals surface area contributed by atoms with E-state index in [-0.39, 0.29) is 11.5 Å². The Morgan fingerprint density at radius 1 is 1.12 bits per heavy atom. The number of aromatic amines is 1. The van der Waals surface area contributed by atoms with Crippen LogP contribution in [-0.4, -0.2) is 47.2 Å². The topological polar surface area (TPSA) is 69.3 Å². The van der Waals surface area contributed by atoms with Crippen LogP contribution in [-0.2, 0) is 4.79 Å². The zero-order valence-corrected chi connectivity index (χ0v) is 14.1. The van der Waals surface area contributed by atoms with Gasteiger partial charge in [-0.2, -0.15) is 5.10 Å². The lowest BCUT2D eigenvalue weighted by atomic mass is 10.1. The molecule has 0 bridgehead atoms. The van der Waals surface area contributed by atoms with Crippen molar-refractivity contribution in [1.29, 1.82) is 0 Å². The Balaban J connectivity index is 1.51. The number of hydrogen-bond acceptors (Lipinski definition) is 4. The summed E-state index contributed by atoms with van der Waals surface area (Å²) in [5, 5.41) is 6.80. The summed E-state index contributed by atoms with van der Waals surface area (Å²) in [5.74, 6) is 0.890. The van der Waals surface area contributed by atoms with E-state index in [1.807, 2.05) is 35.2 Å². The van der Waals surface area contributed by atoms with Crippen molar-refractivity contribution in [3.05, 3.63) is 46.8 Å². The first-order chi connectivity index (χ1) is 12.2. The Hall–Kier alpha value is -2.63. The molecule has 1 amide bonds. The monoisotopic (exact) mass is 338 g/mol. The molecule has 6 nitrogen and oxygen atoms in total. The van der Waals surface area contributed by atoms with Crippen LogP contribution in [0.25, 0.3) is 11.3 Å². The van der Waals surface area contributed by atoms with E-state index >= 15 is 0 Å². The van der Waals surface area contributed by atoms with Gasteiger partial charge in [0.1, 0.15) is 5.69 Å². The fourth-order valence-electron chi connectivity index (χ4n) is 3.34. The molecule has 0 spiro atoms. The second-order valence-electron chi connectivity index (χ2n) is 6.85. The van der Waals surface area contributed by atoms with Gasteiger partial charge in [-0.3, -0.25) is 9.59 Å². The quantitative estimate of drug-likeness (QED) is 0.924. The van der Waals surface area contributed by atoms with E-state index in [0.717, 1.165) is 30.0 Å². The van der Waals surface area contributed by atoms with Gasteiger partial charge in [-0.15, -0.1) is 0 Å². The lowest BCUT2D eigenvalue weighted by Gasteiger charge is -2.36. The number of nitrogens with zero attached hydrogens (tertiary/aromatic N) is 3. The molecule has 1 N–H and O–H groups in total. The summed E-state index contributed by atoms with van der Waals surface area (Å²) in [5.41, 5.74) is 2.38. The Morgan fingerprint density at radius 3 is 2.52 bits per heavy atom. The number of carbonyl (C=O) groups excluding carboxylic acids is 1. The van der Waals surface area contributed by atoms with Crippen molar-refractivity contribution in [2.45, 2.75) is 19.3 Å². The SMILES string of the molecule is O=C(CC1CC1)N1CCN(c2cc(=O)[nH]nc2-c2ccccc2)CC1. The molecule has 2 aromatic rings. The summed E-state index contributed by atoms with van der Waals surface area (Å²) >= 11 is 0. The van der Waals surface area contributed by atoms with Gasteiger partial charge in [0.05, 0.1) is 5.69 Å². The molecule has 4 rings (SSSR count). The molecular formula is C19H22N4O2. The van der Waals surface area contributed by atoms with Crippen molar-refractivity contribution < 1.29 is 4.79 Å². The van der Waals surface area contributed by atoms with Crippen molar-refractivity contribution in [2.75, 3.05) is 31.1 Å². The third-order valence-electron chi connectivity index (χ3n) is 4.97. The van der Waals surface area contributed by atoms with Crippen molar-refractivity contribution in [1.82, 2.24) is 15.1 Å². The average molecular weight is 338 g/mol. The number of hydrogen-bond donors (Lipinski definition) is 1. The molecule has 2 heterocycles. The number of piperazine rings is 1. The minimum atomic E-state index is -0.207. The maximum absolute atomic E-state index is 12.3. The molecule has 0 atom stereocenters. The molecule has 1 aliphatic carbocycles. The molecule has 0 unspecified atom stereocenters. The molecule has 1 aliphatic heterocycles. The molecule has 2 aliphatic rings. The van der Waals surface area contributed by atoms with Gasteiger partial charge in [-0.05, 0) is 18.8 Å². The average Bonchev–Trinajstić information content (AvgIpc) is 3.46. The second kappa shape index (κ2) is 6.70. The van der Waals surface area contributed by atoms with Gasteiger partial charge in [-0.25, -0.2) is 5.10 Å². The van der Waals surface area contributed by atoms with E-state index in [1.54, 1.807) is 6.07 Å². The molecular weight excluding hydrogens is 316 g/mol. The molecule has 25 heavy (non-hydrogen) atoms. The van der Waals surface area contributed by atoms with E-state index in [4.69, 9.17) is 0 Å². The number of aromatic nitrogens is 2.